The fourth-order valence-corrected chi connectivity index (χ4v) is 2.20. The Hall–Kier alpha value is -2.89. The van der Waals surface area contributed by atoms with E-state index in [9.17, 15) is 10.1 Å². The molecule has 0 spiro atoms. The van der Waals surface area contributed by atoms with Gasteiger partial charge in [0.1, 0.15) is 17.4 Å². The molecule has 0 bridgehead atoms. The van der Waals surface area contributed by atoms with E-state index in [1.54, 1.807) is 12.3 Å². The number of nitrogens with zero attached hydrogens (tertiary/aromatic N) is 1. The summed E-state index contributed by atoms with van der Waals surface area (Å²) in [6.07, 6.45) is 1.64. The Balaban J connectivity index is 1.89. The van der Waals surface area contributed by atoms with Gasteiger partial charge >= 0.3 is 11.5 Å². The molecule has 2 heterocycles. The van der Waals surface area contributed by atoms with Gasteiger partial charge < -0.3 is 4.42 Å². The third-order valence-corrected chi connectivity index (χ3v) is 3.26. The Bertz CT molecular complexity index is 764. The van der Waals surface area contributed by atoms with Crippen molar-refractivity contribution in [1.82, 2.24) is 0 Å². The Kier molecular flexibility index (Phi) is 3.27. The number of hydrogen-bond acceptors (Lipinski definition) is 4. The van der Waals surface area contributed by atoms with E-state index in [1.807, 2.05) is 37.3 Å². The zero-order chi connectivity index (χ0) is 14.8. The van der Waals surface area contributed by atoms with Gasteiger partial charge in [-0.1, -0.05) is 18.2 Å². The van der Waals surface area contributed by atoms with Gasteiger partial charge in [0.05, 0.1) is 11.1 Å². The lowest BCUT2D eigenvalue weighted by Crippen LogP contribution is -2.17. The Morgan fingerprint density at radius 2 is 2.10 bits per heavy atom. The summed E-state index contributed by atoms with van der Waals surface area (Å²) in [5, 5.41) is 15.1. The van der Waals surface area contributed by atoms with Crippen LogP contribution in [0.3, 0.4) is 0 Å². The first-order valence-corrected chi connectivity index (χ1v) is 6.55. The Morgan fingerprint density at radius 3 is 2.86 bits per heavy atom. The average molecular weight is 284 g/mol. The van der Waals surface area contributed by atoms with Crippen LogP contribution in [0.4, 0.5) is 11.5 Å². The van der Waals surface area contributed by atoms with Crippen LogP contribution in [-0.4, -0.2) is 4.92 Å². The zero-order valence-corrected chi connectivity index (χ0v) is 11.4. The summed E-state index contributed by atoms with van der Waals surface area (Å²) in [6, 6.07) is 12.5. The number of hydrogen-bond donors (Lipinski definition) is 1. The van der Waals surface area contributed by atoms with Gasteiger partial charge in [0.2, 0.25) is 0 Å². The van der Waals surface area contributed by atoms with Crippen LogP contribution in [0.1, 0.15) is 18.7 Å². The number of aromatic amines is 1. The molecular formula is C15H14N3O3+. The number of rotatable bonds is 4. The normalized spacial score (nSPS) is 12.2. The molecule has 1 atom stereocenters. The summed E-state index contributed by atoms with van der Waals surface area (Å²) in [5.41, 5.74) is 0.799. The van der Waals surface area contributed by atoms with Crippen LogP contribution in [0.5, 0.6) is 0 Å². The van der Waals surface area contributed by atoms with Crippen molar-refractivity contribution in [3.8, 4) is 0 Å². The van der Waals surface area contributed by atoms with E-state index in [0.717, 1.165) is 16.7 Å². The molecule has 3 rings (SSSR count). The van der Waals surface area contributed by atoms with Crippen LogP contribution >= 0.6 is 0 Å². The molecule has 0 saturated carbocycles. The van der Waals surface area contributed by atoms with Crippen LogP contribution in [0, 0.1) is 10.1 Å². The van der Waals surface area contributed by atoms with Crippen molar-refractivity contribution in [3.63, 3.8) is 0 Å². The van der Waals surface area contributed by atoms with Gasteiger partial charge in [-0.05, 0) is 25.1 Å². The predicted molar refractivity (Wildman–Crippen MR) is 77.9 cm³/mol. The van der Waals surface area contributed by atoms with Crippen LogP contribution in [0.15, 0.2) is 53.1 Å². The SMILES string of the molecule is C[C@H](Nc1[nH+]cccc1[N+](=O)[O-])c1cc2ccccc2o1. The summed E-state index contributed by atoms with van der Waals surface area (Å²) in [6.45, 7) is 1.89. The molecule has 2 N–H and O–H groups in total. The van der Waals surface area contributed by atoms with Gasteiger partial charge in [0.25, 0.3) is 0 Å². The molecule has 0 radical (unpaired) electrons. The number of fused-ring (bicyclic) bond motifs is 1. The highest BCUT2D eigenvalue weighted by atomic mass is 16.6. The Morgan fingerprint density at radius 1 is 1.29 bits per heavy atom. The third-order valence-electron chi connectivity index (χ3n) is 3.26. The topological polar surface area (TPSA) is 82.5 Å². The van der Waals surface area contributed by atoms with Crippen molar-refractivity contribution >= 4 is 22.5 Å². The summed E-state index contributed by atoms with van der Waals surface area (Å²) in [5.74, 6) is 1.08. The minimum atomic E-state index is -0.426. The van der Waals surface area contributed by atoms with Crippen molar-refractivity contribution in [3.05, 3.63) is 64.5 Å². The lowest BCUT2D eigenvalue weighted by atomic mass is 10.2. The highest BCUT2D eigenvalue weighted by Crippen LogP contribution is 2.27. The first-order valence-electron chi connectivity index (χ1n) is 6.55. The molecule has 106 valence electrons. The van der Waals surface area contributed by atoms with Gasteiger partial charge in [-0.25, -0.2) is 4.98 Å². The molecule has 6 nitrogen and oxygen atoms in total. The number of H-pyrrole nitrogens is 1. The summed E-state index contributed by atoms with van der Waals surface area (Å²) < 4.78 is 5.76. The van der Waals surface area contributed by atoms with Crippen LogP contribution in [-0.2, 0) is 0 Å². The number of nitro groups is 1. The van der Waals surface area contributed by atoms with Gasteiger partial charge in [0, 0.05) is 11.5 Å². The van der Waals surface area contributed by atoms with E-state index in [1.165, 1.54) is 6.07 Å². The molecule has 0 unspecified atom stereocenters. The van der Waals surface area contributed by atoms with E-state index in [4.69, 9.17) is 4.42 Å². The summed E-state index contributed by atoms with van der Waals surface area (Å²) in [7, 11) is 0. The van der Waals surface area contributed by atoms with E-state index in [2.05, 4.69) is 10.3 Å². The number of nitrogens with one attached hydrogen (secondary N) is 2. The smallest absolute Gasteiger partial charge is 0.357 e. The van der Waals surface area contributed by atoms with E-state index < -0.39 is 4.92 Å². The van der Waals surface area contributed by atoms with Crippen molar-refractivity contribution in [2.45, 2.75) is 13.0 Å². The van der Waals surface area contributed by atoms with E-state index in [0.29, 0.717) is 5.82 Å². The monoisotopic (exact) mass is 284 g/mol. The van der Waals surface area contributed by atoms with Crippen molar-refractivity contribution in [2.75, 3.05) is 5.32 Å². The van der Waals surface area contributed by atoms with E-state index in [-0.39, 0.29) is 11.7 Å². The molecule has 0 aliphatic carbocycles. The first-order chi connectivity index (χ1) is 10.1. The number of furan rings is 1. The molecule has 0 amide bonds. The molecule has 1 aromatic carbocycles. The number of aromatic nitrogens is 1. The number of anilines is 1. The highest BCUT2D eigenvalue weighted by molar-refractivity contribution is 5.77. The molecule has 2 aromatic heterocycles. The van der Waals surface area contributed by atoms with Gasteiger partial charge in [-0.3, -0.25) is 15.4 Å². The Labute approximate surface area is 120 Å². The molecule has 0 aliphatic rings. The fourth-order valence-electron chi connectivity index (χ4n) is 2.20. The maximum absolute atomic E-state index is 11.0. The lowest BCUT2D eigenvalue weighted by Gasteiger charge is -2.05. The summed E-state index contributed by atoms with van der Waals surface area (Å²) >= 11 is 0. The minimum absolute atomic E-state index is 0.000427. The van der Waals surface area contributed by atoms with Gasteiger partial charge in [0.15, 0.2) is 0 Å². The minimum Gasteiger partial charge on any atom is -0.457 e. The standard InChI is InChI=1S/C15H13N3O3/c1-10(14-9-11-5-2-3-7-13(11)21-14)17-15-12(18(19)20)6-4-8-16-15/h2-10H,1H3,(H,16,17)/p+1/t10-/m0/s1. The molecule has 3 aromatic rings. The second-order valence-electron chi connectivity index (χ2n) is 4.74. The van der Waals surface area contributed by atoms with Crippen molar-refractivity contribution < 1.29 is 14.3 Å². The van der Waals surface area contributed by atoms with Crippen LogP contribution in [0.2, 0.25) is 0 Å². The van der Waals surface area contributed by atoms with Crippen LogP contribution < -0.4 is 10.3 Å². The molecule has 0 fully saturated rings. The zero-order valence-electron chi connectivity index (χ0n) is 11.4. The fraction of sp³-hybridized carbons (Fsp3) is 0.133. The molecule has 6 heteroatoms. The quantitative estimate of drug-likeness (QED) is 0.588. The van der Waals surface area contributed by atoms with Crippen molar-refractivity contribution in [1.29, 1.82) is 0 Å². The largest absolute Gasteiger partial charge is 0.457 e. The number of pyridine rings is 1. The number of benzene rings is 1. The van der Waals surface area contributed by atoms with Crippen molar-refractivity contribution in [2.24, 2.45) is 0 Å². The summed E-state index contributed by atoms with van der Waals surface area (Å²) in [4.78, 5) is 13.4. The van der Waals surface area contributed by atoms with Gasteiger partial charge in [-0.2, -0.15) is 0 Å². The second-order valence-corrected chi connectivity index (χ2v) is 4.74. The van der Waals surface area contributed by atoms with Gasteiger partial charge in [-0.15, -0.1) is 0 Å². The maximum atomic E-state index is 11.0. The number of para-hydroxylation sites is 1. The van der Waals surface area contributed by atoms with Crippen LogP contribution in [0.25, 0.3) is 11.0 Å². The highest BCUT2D eigenvalue weighted by Gasteiger charge is 2.24. The first kappa shape index (κ1) is 13.1. The molecule has 0 saturated heterocycles. The molecular weight excluding hydrogens is 270 g/mol. The van der Waals surface area contributed by atoms with E-state index >= 15 is 0 Å². The molecule has 21 heavy (non-hydrogen) atoms. The average Bonchev–Trinajstić information content (AvgIpc) is 2.91. The lowest BCUT2D eigenvalue weighted by molar-refractivity contribution is -0.410. The third kappa shape index (κ3) is 2.55. The second kappa shape index (κ2) is 5.24. The predicted octanol–water partition coefficient (Wildman–Crippen LogP) is 3.33. The maximum Gasteiger partial charge on any atom is 0.357 e. The molecule has 0 aliphatic heterocycles.